The number of amides is 1. The van der Waals surface area contributed by atoms with E-state index < -0.39 is 0 Å². The Morgan fingerprint density at radius 3 is 2.86 bits per heavy atom. The molecule has 112 valence electrons. The fourth-order valence-electron chi connectivity index (χ4n) is 2.10. The average Bonchev–Trinajstić information content (AvgIpc) is 3.15. The van der Waals surface area contributed by atoms with Gasteiger partial charge in [-0.1, -0.05) is 30.3 Å². The van der Waals surface area contributed by atoms with Crippen LogP contribution in [0.1, 0.15) is 26.6 Å². The van der Waals surface area contributed by atoms with Crippen molar-refractivity contribution >= 4 is 17.2 Å². The van der Waals surface area contributed by atoms with E-state index in [1.54, 1.807) is 28.4 Å². The van der Waals surface area contributed by atoms with Gasteiger partial charge in [0.2, 0.25) is 0 Å². The molecule has 3 aromatic rings. The van der Waals surface area contributed by atoms with E-state index in [0.717, 1.165) is 16.3 Å². The second kappa shape index (κ2) is 6.53. The zero-order valence-corrected chi connectivity index (χ0v) is 13.0. The monoisotopic (exact) mass is 312 g/mol. The first kappa shape index (κ1) is 14.5. The van der Waals surface area contributed by atoms with Crippen LogP contribution in [0.25, 0.3) is 0 Å². The highest BCUT2D eigenvalue weighted by Crippen LogP contribution is 2.08. The minimum absolute atomic E-state index is 0.134. The van der Waals surface area contributed by atoms with Crippen LogP contribution in [0.5, 0.6) is 0 Å². The Bertz CT molecular complexity index is 763. The Morgan fingerprint density at radius 2 is 2.14 bits per heavy atom. The quantitative estimate of drug-likeness (QED) is 0.788. The van der Waals surface area contributed by atoms with Crippen LogP contribution in [0, 0.1) is 6.92 Å². The zero-order chi connectivity index (χ0) is 15.4. The second-order valence-electron chi connectivity index (χ2n) is 4.95. The summed E-state index contributed by atoms with van der Waals surface area (Å²) in [6.45, 7) is 3.04. The van der Waals surface area contributed by atoms with E-state index in [0.29, 0.717) is 18.7 Å². The van der Waals surface area contributed by atoms with Crippen molar-refractivity contribution in [1.29, 1.82) is 0 Å². The van der Waals surface area contributed by atoms with Crippen LogP contribution in [0.15, 0.2) is 48.1 Å². The molecule has 0 aliphatic carbocycles. The molecule has 0 radical (unpaired) electrons. The third kappa shape index (κ3) is 3.59. The molecule has 0 saturated carbocycles. The summed E-state index contributed by atoms with van der Waals surface area (Å²) >= 11 is 1.58. The number of aryl methyl sites for hydroxylation is 1. The second-order valence-corrected chi connectivity index (χ2v) is 6.01. The minimum atomic E-state index is -0.134. The summed E-state index contributed by atoms with van der Waals surface area (Å²) in [5, 5.41) is 10.0. The molecule has 0 unspecified atom stereocenters. The van der Waals surface area contributed by atoms with E-state index in [1.165, 1.54) is 0 Å². The van der Waals surface area contributed by atoms with E-state index in [1.807, 2.05) is 42.6 Å². The Morgan fingerprint density at radius 1 is 1.32 bits per heavy atom. The van der Waals surface area contributed by atoms with Gasteiger partial charge in [-0.15, -0.1) is 11.3 Å². The maximum absolute atomic E-state index is 12.1. The lowest BCUT2D eigenvalue weighted by Gasteiger charge is -2.01. The molecule has 5 nitrogen and oxygen atoms in total. The number of carbonyl (C=O) groups is 1. The fourth-order valence-corrected chi connectivity index (χ4v) is 2.71. The maximum atomic E-state index is 12.1. The molecule has 3 rings (SSSR count). The third-order valence-electron chi connectivity index (χ3n) is 3.18. The van der Waals surface area contributed by atoms with Crippen molar-refractivity contribution in [3.8, 4) is 0 Å². The van der Waals surface area contributed by atoms with Gasteiger partial charge in [-0.25, -0.2) is 4.98 Å². The number of benzene rings is 1. The largest absolute Gasteiger partial charge is 0.346 e. The highest BCUT2D eigenvalue weighted by molar-refractivity contribution is 7.09. The molecular weight excluding hydrogens is 296 g/mol. The fraction of sp³-hybridized carbons (Fsp3) is 0.188. The van der Waals surface area contributed by atoms with E-state index in [4.69, 9.17) is 0 Å². The molecule has 0 bridgehead atoms. The molecule has 0 saturated heterocycles. The lowest BCUT2D eigenvalue weighted by molar-refractivity contribution is 0.0950. The molecule has 0 aliphatic heterocycles. The normalized spacial score (nSPS) is 10.6. The first-order valence-electron chi connectivity index (χ1n) is 6.96. The SMILES string of the molecule is Cc1nc(CNC(=O)c2cnn(Cc3ccccc3)c2)cs1. The van der Waals surface area contributed by atoms with Gasteiger partial charge in [-0.2, -0.15) is 5.10 Å². The molecule has 1 aromatic carbocycles. The van der Waals surface area contributed by atoms with Crippen molar-refractivity contribution in [2.24, 2.45) is 0 Å². The van der Waals surface area contributed by atoms with E-state index in [9.17, 15) is 4.79 Å². The van der Waals surface area contributed by atoms with Crippen molar-refractivity contribution in [1.82, 2.24) is 20.1 Å². The summed E-state index contributed by atoms with van der Waals surface area (Å²) in [6.07, 6.45) is 3.35. The Labute approximate surface area is 132 Å². The highest BCUT2D eigenvalue weighted by atomic mass is 32.1. The van der Waals surface area contributed by atoms with Crippen LogP contribution in [-0.2, 0) is 13.1 Å². The number of nitrogens with zero attached hydrogens (tertiary/aromatic N) is 3. The van der Waals surface area contributed by atoms with Crippen molar-refractivity contribution < 1.29 is 4.79 Å². The molecule has 1 N–H and O–H groups in total. The van der Waals surface area contributed by atoms with Gasteiger partial charge in [0, 0.05) is 11.6 Å². The lowest BCUT2D eigenvalue weighted by Crippen LogP contribution is -2.22. The molecule has 2 aromatic heterocycles. The number of carbonyl (C=O) groups excluding carboxylic acids is 1. The van der Waals surface area contributed by atoms with Crippen LogP contribution < -0.4 is 5.32 Å². The molecule has 0 aliphatic rings. The van der Waals surface area contributed by atoms with Gasteiger partial charge >= 0.3 is 0 Å². The van der Waals surface area contributed by atoms with Crippen LogP contribution in [0.3, 0.4) is 0 Å². The van der Waals surface area contributed by atoms with Crippen molar-refractivity contribution in [2.75, 3.05) is 0 Å². The summed E-state index contributed by atoms with van der Waals surface area (Å²) in [5.41, 5.74) is 2.59. The molecular formula is C16H16N4OS. The van der Waals surface area contributed by atoms with Crippen LogP contribution in [-0.4, -0.2) is 20.7 Å². The van der Waals surface area contributed by atoms with Crippen LogP contribution in [0.2, 0.25) is 0 Å². The number of hydrogen-bond donors (Lipinski definition) is 1. The Kier molecular flexibility index (Phi) is 4.29. The maximum Gasteiger partial charge on any atom is 0.254 e. The van der Waals surface area contributed by atoms with Gasteiger partial charge in [0.05, 0.1) is 35.6 Å². The number of aromatic nitrogens is 3. The first-order valence-corrected chi connectivity index (χ1v) is 7.84. The van der Waals surface area contributed by atoms with Crippen molar-refractivity contribution in [3.63, 3.8) is 0 Å². The molecule has 6 heteroatoms. The summed E-state index contributed by atoms with van der Waals surface area (Å²) in [5.74, 6) is -0.134. The van der Waals surface area contributed by atoms with Gasteiger partial charge in [0.1, 0.15) is 0 Å². The number of thiazole rings is 1. The zero-order valence-electron chi connectivity index (χ0n) is 12.2. The van der Waals surface area contributed by atoms with E-state index >= 15 is 0 Å². The van der Waals surface area contributed by atoms with Gasteiger partial charge in [0.15, 0.2) is 0 Å². The van der Waals surface area contributed by atoms with Gasteiger partial charge in [0.25, 0.3) is 5.91 Å². The van der Waals surface area contributed by atoms with Crippen molar-refractivity contribution in [3.05, 3.63) is 69.9 Å². The van der Waals surface area contributed by atoms with Gasteiger partial charge < -0.3 is 5.32 Å². The smallest absolute Gasteiger partial charge is 0.254 e. The Balaban J connectivity index is 1.59. The van der Waals surface area contributed by atoms with Gasteiger partial charge in [-0.05, 0) is 12.5 Å². The molecule has 2 heterocycles. The Hall–Kier alpha value is -2.47. The van der Waals surface area contributed by atoms with Crippen molar-refractivity contribution in [2.45, 2.75) is 20.0 Å². The number of hydrogen-bond acceptors (Lipinski definition) is 4. The molecule has 22 heavy (non-hydrogen) atoms. The summed E-state index contributed by atoms with van der Waals surface area (Å²) < 4.78 is 1.76. The summed E-state index contributed by atoms with van der Waals surface area (Å²) in [4.78, 5) is 16.4. The minimum Gasteiger partial charge on any atom is -0.346 e. The summed E-state index contributed by atoms with van der Waals surface area (Å²) in [6, 6.07) is 10.0. The predicted molar refractivity (Wildman–Crippen MR) is 85.8 cm³/mol. The van der Waals surface area contributed by atoms with Gasteiger partial charge in [-0.3, -0.25) is 9.48 Å². The third-order valence-corrected chi connectivity index (χ3v) is 4.00. The van der Waals surface area contributed by atoms with E-state index in [2.05, 4.69) is 15.4 Å². The molecule has 0 fully saturated rings. The number of rotatable bonds is 5. The average molecular weight is 312 g/mol. The number of nitrogens with one attached hydrogen (secondary N) is 1. The first-order chi connectivity index (χ1) is 10.7. The molecule has 0 atom stereocenters. The summed E-state index contributed by atoms with van der Waals surface area (Å²) in [7, 11) is 0. The highest BCUT2D eigenvalue weighted by Gasteiger charge is 2.09. The van der Waals surface area contributed by atoms with Crippen LogP contribution >= 0.6 is 11.3 Å². The lowest BCUT2D eigenvalue weighted by atomic mass is 10.2. The van der Waals surface area contributed by atoms with Crippen LogP contribution in [0.4, 0.5) is 0 Å². The standard InChI is InChI=1S/C16H16N4OS/c1-12-19-15(11-22-12)8-17-16(21)14-7-18-20(10-14)9-13-5-3-2-4-6-13/h2-7,10-11H,8-9H2,1H3,(H,17,21). The van der Waals surface area contributed by atoms with E-state index in [-0.39, 0.29) is 5.91 Å². The molecule has 0 spiro atoms. The predicted octanol–water partition coefficient (Wildman–Crippen LogP) is 2.63. The molecule has 1 amide bonds. The topological polar surface area (TPSA) is 59.8 Å².